The fourth-order valence-corrected chi connectivity index (χ4v) is 2.00. The second kappa shape index (κ2) is 7.35. The van der Waals surface area contributed by atoms with Crippen LogP contribution in [-0.4, -0.2) is 20.7 Å². The fraction of sp³-hybridized carbons (Fsp3) is 0.312. The topological polar surface area (TPSA) is 64.1 Å². The maximum Gasteiger partial charge on any atom is 0.322 e. The van der Waals surface area contributed by atoms with Crippen LogP contribution in [0.25, 0.3) is 0 Å². The van der Waals surface area contributed by atoms with E-state index in [4.69, 9.17) is 4.74 Å². The first-order valence-corrected chi connectivity index (χ1v) is 7.94. The minimum absolute atomic E-state index is 0.0812. The summed E-state index contributed by atoms with van der Waals surface area (Å²) in [5.74, 6) is 0.493. The minimum Gasteiger partial charge on any atom is -0.424 e. The van der Waals surface area contributed by atoms with Crippen LogP contribution in [0.15, 0.2) is 30.3 Å². The first kappa shape index (κ1) is 16.4. The Kier molecular flexibility index (Phi) is 5.49. The van der Waals surface area contributed by atoms with Gasteiger partial charge in [-0.1, -0.05) is 28.9 Å². The van der Waals surface area contributed by atoms with Gasteiger partial charge in [0.2, 0.25) is 5.91 Å². The van der Waals surface area contributed by atoms with Crippen molar-refractivity contribution in [2.24, 2.45) is 0 Å². The van der Waals surface area contributed by atoms with Gasteiger partial charge in [-0.05, 0) is 38.5 Å². The predicted octanol–water partition coefficient (Wildman–Crippen LogP) is 4.00. The van der Waals surface area contributed by atoms with E-state index in [1.807, 2.05) is 39.0 Å². The Morgan fingerprint density at radius 2 is 1.95 bits per heavy atom. The number of nitrogens with zero attached hydrogens (tertiary/aromatic N) is 2. The van der Waals surface area contributed by atoms with E-state index in [9.17, 15) is 4.79 Å². The van der Waals surface area contributed by atoms with E-state index < -0.39 is 0 Å². The first-order chi connectivity index (χ1) is 10.5. The van der Waals surface area contributed by atoms with Crippen molar-refractivity contribution >= 4 is 27.5 Å². The molecule has 5 nitrogen and oxygen atoms in total. The van der Waals surface area contributed by atoms with Crippen LogP contribution in [0.2, 0.25) is 0 Å². The molecule has 2 aromatic rings. The Morgan fingerprint density at radius 3 is 2.59 bits per heavy atom. The number of carbonyl (C=O) groups excluding carboxylic acids is 1. The molecule has 0 aliphatic heterocycles. The summed E-state index contributed by atoms with van der Waals surface area (Å²) in [4.78, 5) is 20.1. The molecule has 1 unspecified atom stereocenters. The summed E-state index contributed by atoms with van der Waals surface area (Å²) in [7, 11) is 0. The van der Waals surface area contributed by atoms with Crippen molar-refractivity contribution in [3.8, 4) is 11.8 Å². The summed E-state index contributed by atoms with van der Waals surface area (Å²) in [6, 6.07) is 9.33. The molecule has 1 atom stereocenters. The number of anilines is 1. The molecular weight excluding hydrogens is 346 g/mol. The van der Waals surface area contributed by atoms with Crippen LogP contribution < -0.4 is 10.1 Å². The van der Waals surface area contributed by atoms with Crippen LogP contribution in [-0.2, 0) is 4.79 Å². The van der Waals surface area contributed by atoms with Gasteiger partial charge in [-0.3, -0.25) is 4.79 Å². The van der Waals surface area contributed by atoms with Gasteiger partial charge < -0.3 is 10.1 Å². The number of nitrogens with one attached hydrogen (secondary N) is 1. The molecule has 0 spiro atoms. The third-order valence-corrected chi connectivity index (χ3v) is 3.98. The highest BCUT2D eigenvalue weighted by molar-refractivity contribution is 9.10. The Morgan fingerprint density at radius 1 is 1.27 bits per heavy atom. The summed E-state index contributed by atoms with van der Waals surface area (Å²) in [5.41, 5.74) is 2.36. The smallest absolute Gasteiger partial charge is 0.322 e. The third-order valence-electron chi connectivity index (χ3n) is 2.92. The van der Waals surface area contributed by atoms with Crippen molar-refractivity contribution < 1.29 is 9.53 Å². The number of hydrogen-bond acceptors (Lipinski definition) is 4. The summed E-state index contributed by atoms with van der Waals surface area (Å²) in [6.07, 6.45) is 0.721. The molecule has 2 rings (SSSR count). The minimum atomic E-state index is -0.208. The molecule has 0 saturated heterocycles. The van der Waals surface area contributed by atoms with E-state index >= 15 is 0 Å². The molecule has 6 heteroatoms. The number of benzene rings is 1. The van der Waals surface area contributed by atoms with Crippen LogP contribution in [0.3, 0.4) is 0 Å². The summed E-state index contributed by atoms with van der Waals surface area (Å²) < 4.78 is 5.66. The molecule has 0 radical (unpaired) electrons. The maximum absolute atomic E-state index is 11.9. The van der Waals surface area contributed by atoms with Gasteiger partial charge in [0.05, 0.1) is 4.83 Å². The Labute approximate surface area is 138 Å². The van der Waals surface area contributed by atoms with Crippen LogP contribution in [0.1, 0.15) is 24.7 Å². The van der Waals surface area contributed by atoms with Crippen molar-refractivity contribution in [1.29, 1.82) is 0 Å². The quantitative estimate of drug-likeness (QED) is 0.815. The Balaban J connectivity index is 2.13. The number of ether oxygens (including phenoxy) is 1. The maximum atomic E-state index is 11.9. The molecule has 0 fully saturated rings. The van der Waals surface area contributed by atoms with Crippen LogP contribution in [0, 0.1) is 13.8 Å². The lowest BCUT2D eigenvalue weighted by Crippen LogP contribution is -2.21. The fourth-order valence-electron chi connectivity index (χ4n) is 1.89. The molecule has 1 aromatic heterocycles. The monoisotopic (exact) mass is 363 g/mol. The lowest BCUT2D eigenvalue weighted by molar-refractivity contribution is -0.115. The van der Waals surface area contributed by atoms with Crippen LogP contribution >= 0.6 is 15.9 Å². The van der Waals surface area contributed by atoms with Crippen LogP contribution in [0.5, 0.6) is 11.8 Å². The van der Waals surface area contributed by atoms with E-state index in [0.29, 0.717) is 17.4 Å². The third kappa shape index (κ3) is 4.53. The highest BCUT2D eigenvalue weighted by Gasteiger charge is 2.12. The summed E-state index contributed by atoms with van der Waals surface area (Å²) in [6.45, 7) is 5.72. The molecule has 1 heterocycles. The van der Waals surface area contributed by atoms with E-state index in [-0.39, 0.29) is 10.7 Å². The average Bonchev–Trinajstić information content (AvgIpc) is 2.45. The zero-order valence-electron chi connectivity index (χ0n) is 12.8. The van der Waals surface area contributed by atoms with E-state index in [1.54, 1.807) is 12.1 Å². The Hall–Kier alpha value is -1.95. The molecule has 0 bridgehead atoms. The normalized spacial score (nSPS) is 11.8. The number of amides is 1. The summed E-state index contributed by atoms with van der Waals surface area (Å²) in [5, 5.41) is 2.83. The van der Waals surface area contributed by atoms with Gasteiger partial charge in [-0.25, -0.2) is 9.97 Å². The van der Waals surface area contributed by atoms with Gasteiger partial charge in [0.1, 0.15) is 5.75 Å². The zero-order chi connectivity index (χ0) is 16.1. The first-order valence-electron chi connectivity index (χ1n) is 7.03. The molecule has 22 heavy (non-hydrogen) atoms. The number of hydrogen-bond donors (Lipinski definition) is 1. The van der Waals surface area contributed by atoms with Crippen molar-refractivity contribution in [3.63, 3.8) is 0 Å². The highest BCUT2D eigenvalue weighted by atomic mass is 79.9. The summed E-state index contributed by atoms with van der Waals surface area (Å²) >= 11 is 3.32. The number of halogens is 1. The van der Waals surface area contributed by atoms with Crippen molar-refractivity contribution in [2.75, 3.05) is 5.32 Å². The lowest BCUT2D eigenvalue weighted by Gasteiger charge is -2.10. The Bertz CT molecular complexity index is 656. The van der Waals surface area contributed by atoms with Gasteiger partial charge in [0.15, 0.2) is 0 Å². The van der Waals surface area contributed by atoms with Crippen LogP contribution in [0.4, 0.5) is 5.69 Å². The largest absolute Gasteiger partial charge is 0.424 e. The number of rotatable bonds is 5. The van der Waals surface area contributed by atoms with E-state index in [1.165, 1.54) is 0 Å². The van der Waals surface area contributed by atoms with Crippen molar-refractivity contribution in [3.05, 3.63) is 41.7 Å². The van der Waals surface area contributed by atoms with Crippen molar-refractivity contribution in [1.82, 2.24) is 9.97 Å². The van der Waals surface area contributed by atoms with Gasteiger partial charge >= 0.3 is 6.01 Å². The lowest BCUT2D eigenvalue weighted by atomic mass is 10.2. The second-order valence-electron chi connectivity index (χ2n) is 4.93. The number of aromatic nitrogens is 2. The molecule has 116 valence electrons. The standard InChI is InChI=1S/C16H18BrN3O2/c1-4-14(17)15(21)20-12-6-5-7-13(9-12)22-16-18-10(2)8-11(3)19-16/h5-9,14H,4H2,1-3H3,(H,20,21). The molecular formula is C16H18BrN3O2. The highest BCUT2D eigenvalue weighted by Crippen LogP contribution is 2.22. The average molecular weight is 364 g/mol. The molecule has 1 aromatic carbocycles. The van der Waals surface area contributed by atoms with E-state index in [2.05, 4.69) is 31.2 Å². The number of alkyl halides is 1. The second-order valence-corrected chi connectivity index (χ2v) is 6.03. The molecule has 0 saturated carbocycles. The van der Waals surface area contributed by atoms with Gasteiger partial charge in [0.25, 0.3) is 0 Å². The number of aryl methyl sites for hydroxylation is 2. The van der Waals surface area contributed by atoms with Gasteiger partial charge in [-0.2, -0.15) is 0 Å². The zero-order valence-corrected chi connectivity index (χ0v) is 14.3. The SMILES string of the molecule is CCC(Br)C(=O)Nc1cccc(Oc2nc(C)cc(C)n2)c1. The number of carbonyl (C=O) groups is 1. The molecule has 1 amide bonds. The van der Waals surface area contributed by atoms with Crippen molar-refractivity contribution in [2.45, 2.75) is 32.0 Å². The van der Waals surface area contributed by atoms with Gasteiger partial charge in [-0.15, -0.1) is 0 Å². The molecule has 0 aliphatic rings. The van der Waals surface area contributed by atoms with E-state index in [0.717, 1.165) is 17.8 Å². The molecule has 1 N–H and O–H groups in total. The predicted molar refractivity (Wildman–Crippen MR) is 89.7 cm³/mol. The van der Waals surface area contributed by atoms with Gasteiger partial charge in [0, 0.05) is 23.1 Å². The molecule has 0 aliphatic carbocycles.